The quantitative estimate of drug-likeness (QED) is 0.455. The molecule has 6 nitrogen and oxygen atoms in total. The van der Waals surface area contributed by atoms with E-state index in [1.807, 2.05) is 30.3 Å². The first-order chi connectivity index (χ1) is 15.3. The maximum absolute atomic E-state index is 13.8. The number of benzene rings is 3. The van der Waals surface area contributed by atoms with Crippen molar-refractivity contribution >= 4 is 40.0 Å². The first-order valence-corrected chi connectivity index (χ1v) is 10.7. The number of fused-ring (bicyclic) bond motifs is 1. The van der Waals surface area contributed by atoms with Crippen LogP contribution in [-0.4, -0.2) is 20.6 Å². The smallest absolute Gasteiger partial charge is 0.262 e. The Labute approximate surface area is 192 Å². The highest BCUT2D eigenvalue weighted by atomic mass is 35.5. The van der Waals surface area contributed by atoms with Crippen LogP contribution in [0.3, 0.4) is 0 Å². The van der Waals surface area contributed by atoms with Crippen LogP contribution in [0.5, 0.6) is 5.75 Å². The molecule has 1 saturated carbocycles. The van der Waals surface area contributed by atoms with Gasteiger partial charge in [0.1, 0.15) is 0 Å². The molecule has 160 valence electrons. The molecule has 1 aliphatic rings. The van der Waals surface area contributed by atoms with Crippen LogP contribution < -0.4 is 11.3 Å². The van der Waals surface area contributed by atoms with Gasteiger partial charge in [-0.1, -0.05) is 65.7 Å². The van der Waals surface area contributed by atoms with Crippen molar-refractivity contribution in [3.05, 3.63) is 92.5 Å². The Morgan fingerprint density at radius 3 is 2.47 bits per heavy atom. The fourth-order valence-electron chi connectivity index (χ4n) is 4.28. The number of aromatic hydroxyl groups is 1. The lowest BCUT2D eigenvalue weighted by Gasteiger charge is -2.20. The first kappa shape index (κ1) is 20.5. The Balaban J connectivity index is 1.84. The molecule has 1 heterocycles. The summed E-state index contributed by atoms with van der Waals surface area (Å²) in [6.45, 7) is 0. The molecule has 0 radical (unpaired) electrons. The van der Waals surface area contributed by atoms with E-state index in [9.17, 15) is 14.7 Å². The Kier molecular flexibility index (Phi) is 4.73. The average Bonchev–Trinajstić information content (AvgIpc) is 3.59. The molecule has 5 rings (SSSR count). The van der Waals surface area contributed by atoms with Gasteiger partial charge in [-0.3, -0.25) is 14.2 Å². The Bertz CT molecular complexity index is 1460. The van der Waals surface area contributed by atoms with E-state index >= 15 is 0 Å². The number of amides is 1. The van der Waals surface area contributed by atoms with Crippen LogP contribution in [0, 0.1) is 0 Å². The number of hydrogen-bond donors (Lipinski definition) is 2. The average molecular weight is 466 g/mol. The molecule has 3 aromatic carbocycles. The van der Waals surface area contributed by atoms with Gasteiger partial charge in [0.15, 0.2) is 5.75 Å². The minimum Gasteiger partial charge on any atom is -0.505 e. The molecule has 0 spiro atoms. The number of nitrogens with zero attached hydrogens (tertiary/aromatic N) is 2. The molecule has 0 saturated heterocycles. The van der Waals surface area contributed by atoms with E-state index in [1.165, 1.54) is 6.07 Å². The summed E-state index contributed by atoms with van der Waals surface area (Å²) in [5.74, 6) is -1.18. The molecule has 1 aliphatic carbocycles. The second kappa shape index (κ2) is 7.36. The largest absolute Gasteiger partial charge is 0.505 e. The molecule has 0 atom stereocenters. The molecule has 4 aromatic rings. The van der Waals surface area contributed by atoms with Gasteiger partial charge in [0, 0.05) is 5.56 Å². The molecule has 0 aliphatic heterocycles. The Morgan fingerprint density at radius 2 is 1.81 bits per heavy atom. The van der Waals surface area contributed by atoms with Crippen molar-refractivity contribution < 1.29 is 9.90 Å². The topological polar surface area (TPSA) is 98.2 Å². The third-order valence-corrected chi connectivity index (χ3v) is 6.67. The SMILES string of the molecule is NC(=O)c1cc(Cl)c(O)c(Cl)c1-c1cccc2ncn(C3(c4ccccc4)CC3)c(=O)c12. The number of primary amides is 1. The number of phenols is 1. The maximum Gasteiger partial charge on any atom is 0.262 e. The summed E-state index contributed by atoms with van der Waals surface area (Å²) in [5.41, 5.74) is 6.80. The zero-order valence-electron chi connectivity index (χ0n) is 16.7. The van der Waals surface area contributed by atoms with Crippen molar-refractivity contribution in [2.45, 2.75) is 18.4 Å². The summed E-state index contributed by atoms with van der Waals surface area (Å²) in [6, 6.07) is 16.1. The van der Waals surface area contributed by atoms with E-state index in [4.69, 9.17) is 28.9 Å². The number of phenolic OH excluding ortho intramolecular Hbond substituents is 1. The minimum atomic E-state index is -0.784. The Hall–Kier alpha value is -3.35. The molecular weight excluding hydrogens is 449 g/mol. The van der Waals surface area contributed by atoms with Crippen molar-refractivity contribution in [3.63, 3.8) is 0 Å². The molecule has 0 bridgehead atoms. The molecule has 8 heteroatoms. The number of hydrogen-bond acceptors (Lipinski definition) is 4. The lowest BCUT2D eigenvalue weighted by molar-refractivity contribution is 0.100. The number of nitrogens with two attached hydrogens (primary N) is 1. The summed E-state index contributed by atoms with van der Waals surface area (Å²) < 4.78 is 1.64. The lowest BCUT2D eigenvalue weighted by Crippen LogP contribution is -2.31. The van der Waals surface area contributed by atoms with Crippen LogP contribution in [0.4, 0.5) is 0 Å². The van der Waals surface area contributed by atoms with Gasteiger partial charge in [0.25, 0.3) is 5.56 Å². The Morgan fingerprint density at radius 1 is 1.09 bits per heavy atom. The zero-order valence-corrected chi connectivity index (χ0v) is 18.2. The van der Waals surface area contributed by atoms with Gasteiger partial charge in [-0.05, 0) is 36.1 Å². The third kappa shape index (κ3) is 2.98. The predicted molar refractivity (Wildman–Crippen MR) is 124 cm³/mol. The summed E-state index contributed by atoms with van der Waals surface area (Å²) in [4.78, 5) is 30.5. The van der Waals surface area contributed by atoms with Crippen molar-refractivity contribution in [2.24, 2.45) is 5.73 Å². The van der Waals surface area contributed by atoms with Crippen LogP contribution in [0.15, 0.2) is 65.7 Å². The van der Waals surface area contributed by atoms with Crippen molar-refractivity contribution in [1.82, 2.24) is 9.55 Å². The van der Waals surface area contributed by atoms with Gasteiger partial charge < -0.3 is 10.8 Å². The van der Waals surface area contributed by atoms with Gasteiger partial charge in [-0.2, -0.15) is 0 Å². The van der Waals surface area contributed by atoms with Crippen LogP contribution in [0.2, 0.25) is 10.0 Å². The van der Waals surface area contributed by atoms with E-state index in [-0.39, 0.29) is 32.1 Å². The first-order valence-electron chi connectivity index (χ1n) is 9.92. The fraction of sp³-hybridized carbons (Fsp3) is 0.125. The van der Waals surface area contributed by atoms with Gasteiger partial charge in [0.05, 0.1) is 38.4 Å². The minimum absolute atomic E-state index is 0.00398. The monoisotopic (exact) mass is 465 g/mol. The summed E-state index contributed by atoms with van der Waals surface area (Å²) in [5, 5.41) is 10.3. The van der Waals surface area contributed by atoms with E-state index in [1.54, 1.807) is 29.1 Å². The molecule has 1 aromatic heterocycles. The van der Waals surface area contributed by atoms with Crippen LogP contribution in [-0.2, 0) is 5.54 Å². The molecule has 3 N–H and O–H groups in total. The lowest BCUT2D eigenvalue weighted by atomic mass is 9.95. The highest BCUT2D eigenvalue weighted by Crippen LogP contribution is 2.49. The number of carbonyl (C=O) groups is 1. The van der Waals surface area contributed by atoms with Crippen molar-refractivity contribution in [1.29, 1.82) is 0 Å². The number of carbonyl (C=O) groups excluding carboxylic acids is 1. The van der Waals surface area contributed by atoms with Crippen molar-refractivity contribution in [3.8, 4) is 16.9 Å². The highest BCUT2D eigenvalue weighted by molar-refractivity contribution is 6.40. The molecule has 0 unspecified atom stereocenters. The van der Waals surface area contributed by atoms with Crippen LogP contribution >= 0.6 is 23.2 Å². The van der Waals surface area contributed by atoms with E-state index < -0.39 is 17.2 Å². The number of aromatic nitrogens is 2. The van der Waals surface area contributed by atoms with Crippen LogP contribution in [0.25, 0.3) is 22.0 Å². The van der Waals surface area contributed by atoms with Crippen LogP contribution in [0.1, 0.15) is 28.8 Å². The second-order valence-electron chi connectivity index (χ2n) is 7.82. The molecular formula is C24H17Cl2N3O3. The summed E-state index contributed by atoms with van der Waals surface area (Å²) in [6.07, 6.45) is 3.17. The zero-order chi connectivity index (χ0) is 22.6. The molecule has 1 fully saturated rings. The molecule has 1 amide bonds. The van der Waals surface area contributed by atoms with Gasteiger partial charge in [-0.15, -0.1) is 0 Å². The summed E-state index contributed by atoms with van der Waals surface area (Å²) >= 11 is 12.4. The number of halogens is 2. The maximum atomic E-state index is 13.8. The third-order valence-electron chi connectivity index (χ3n) is 6.01. The van der Waals surface area contributed by atoms with Gasteiger partial charge >= 0.3 is 0 Å². The second-order valence-corrected chi connectivity index (χ2v) is 8.61. The molecule has 32 heavy (non-hydrogen) atoms. The van der Waals surface area contributed by atoms with Gasteiger partial charge in [-0.25, -0.2) is 4.98 Å². The summed E-state index contributed by atoms with van der Waals surface area (Å²) in [7, 11) is 0. The van der Waals surface area contributed by atoms with Crippen molar-refractivity contribution in [2.75, 3.05) is 0 Å². The normalized spacial score (nSPS) is 14.4. The standard InChI is InChI=1S/C24H17Cl2N3O3/c25-16-11-15(22(27)31)18(20(26)21(16)30)14-7-4-8-17-19(14)23(32)29(12-28-17)24(9-10-24)13-5-2-1-3-6-13/h1-8,11-12,30H,9-10H2,(H2,27,31). The fourth-order valence-corrected chi connectivity index (χ4v) is 4.84. The van der Waals surface area contributed by atoms with E-state index in [0.717, 1.165) is 18.4 Å². The van der Waals surface area contributed by atoms with E-state index in [0.29, 0.717) is 11.1 Å². The number of rotatable bonds is 4. The predicted octanol–water partition coefficient (Wildman–Crippen LogP) is 4.71. The van der Waals surface area contributed by atoms with E-state index in [2.05, 4.69) is 4.98 Å². The van der Waals surface area contributed by atoms with Gasteiger partial charge in [0.2, 0.25) is 5.91 Å². The highest BCUT2D eigenvalue weighted by Gasteiger charge is 2.47.